The zero-order valence-corrected chi connectivity index (χ0v) is 7.71. The topological polar surface area (TPSA) is 12.0 Å². The van der Waals surface area contributed by atoms with Crippen molar-refractivity contribution in [2.24, 2.45) is 0 Å². The molecule has 62 valence electrons. The Morgan fingerprint density at radius 3 is 2.10 bits per heavy atom. The van der Waals surface area contributed by atoms with E-state index in [0.29, 0.717) is 6.04 Å². The quantitative estimate of drug-likeness (QED) is 0.659. The van der Waals surface area contributed by atoms with Crippen LogP contribution in [0.25, 0.3) is 0 Å². The van der Waals surface area contributed by atoms with E-state index < -0.39 is 0 Å². The lowest BCUT2D eigenvalue weighted by Gasteiger charge is -2.14. The average Bonchev–Trinajstić information content (AvgIpc) is 2.15. The molecule has 0 amide bonds. The van der Waals surface area contributed by atoms with Crippen LogP contribution in [-0.4, -0.2) is 12.1 Å². The summed E-state index contributed by atoms with van der Waals surface area (Å²) in [5, 5.41) is 3.54. The van der Waals surface area contributed by atoms with Crippen molar-refractivity contribution in [3.05, 3.63) is 0 Å². The molecule has 0 radical (unpaired) electrons. The van der Waals surface area contributed by atoms with Gasteiger partial charge in [-0.25, -0.2) is 0 Å². The van der Waals surface area contributed by atoms with Crippen LogP contribution in [0.2, 0.25) is 0 Å². The number of nitrogens with one attached hydrogen (secondary N) is 1. The molecule has 1 nitrogen and oxygen atoms in total. The Hall–Kier alpha value is 0.250. The molecule has 0 bridgehead atoms. The van der Waals surface area contributed by atoms with Crippen LogP contribution in [0.3, 0.4) is 0 Å². The number of halogens is 1. The van der Waals surface area contributed by atoms with E-state index >= 15 is 0 Å². The summed E-state index contributed by atoms with van der Waals surface area (Å²) in [7, 11) is 0. The fourth-order valence-electron chi connectivity index (χ4n) is 1.56. The number of hydrogen-bond acceptors (Lipinski definition) is 1. The summed E-state index contributed by atoms with van der Waals surface area (Å²) in [5.41, 5.74) is 0. The zero-order chi connectivity index (χ0) is 6.69. The summed E-state index contributed by atoms with van der Waals surface area (Å²) < 4.78 is 0. The smallest absolute Gasteiger partial charge is 0.00694 e. The van der Waals surface area contributed by atoms with Gasteiger partial charge in [-0.3, -0.25) is 0 Å². The lowest BCUT2D eigenvalue weighted by atomic mass is 10.2. The Labute approximate surface area is 70.0 Å². The summed E-state index contributed by atoms with van der Waals surface area (Å²) in [6, 6.07) is 1.51. The highest BCUT2D eigenvalue weighted by Gasteiger charge is 2.14. The molecular formula is C8H18ClN. The summed E-state index contributed by atoms with van der Waals surface area (Å²) in [4.78, 5) is 0. The summed E-state index contributed by atoms with van der Waals surface area (Å²) in [5.74, 6) is 0. The van der Waals surface area contributed by atoms with Gasteiger partial charge in [0.15, 0.2) is 0 Å². The second-order valence-electron chi connectivity index (χ2n) is 3.30. The van der Waals surface area contributed by atoms with Crippen molar-refractivity contribution in [1.82, 2.24) is 5.32 Å². The molecule has 1 aliphatic carbocycles. The molecule has 1 rings (SSSR count). The SMILES string of the molecule is CC(C)NC1CCCC1.Cl. The third-order valence-corrected chi connectivity index (χ3v) is 1.92. The van der Waals surface area contributed by atoms with E-state index in [4.69, 9.17) is 0 Å². The minimum absolute atomic E-state index is 0. The average molecular weight is 164 g/mol. The van der Waals surface area contributed by atoms with Gasteiger partial charge in [0.1, 0.15) is 0 Å². The van der Waals surface area contributed by atoms with Crippen molar-refractivity contribution in [2.75, 3.05) is 0 Å². The Bertz CT molecular complexity index is 77.3. The first kappa shape index (κ1) is 10.2. The molecule has 0 atom stereocenters. The molecule has 2 heteroatoms. The highest BCUT2D eigenvalue weighted by atomic mass is 35.5. The summed E-state index contributed by atoms with van der Waals surface area (Å²) in [6.45, 7) is 4.44. The molecule has 0 unspecified atom stereocenters. The van der Waals surface area contributed by atoms with E-state index in [1.807, 2.05) is 0 Å². The van der Waals surface area contributed by atoms with Crippen molar-refractivity contribution in [3.63, 3.8) is 0 Å². The first-order chi connectivity index (χ1) is 4.29. The molecule has 0 aliphatic heterocycles. The van der Waals surface area contributed by atoms with Crippen molar-refractivity contribution < 1.29 is 0 Å². The van der Waals surface area contributed by atoms with Crippen LogP contribution in [0.4, 0.5) is 0 Å². The van der Waals surface area contributed by atoms with Crippen LogP contribution in [0.1, 0.15) is 39.5 Å². The maximum absolute atomic E-state index is 3.54. The van der Waals surface area contributed by atoms with E-state index in [1.165, 1.54) is 25.7 Å². The number of hydrogen-bond donors (Lipinski definition) is 1. The van der Waals surface area contributed by atoms with Gasteiger partial charge in [-0.1, -0.05) is 26.7 Å². The summed E-state index contributed by atoms with van der Waals surface area (Å²) >= 11 is 0. The van der Waals surface area contributed by atoms with Crippen LogP contribution in [0.15, 0.2) is 0 Å². The molecule has 1 saturated carbocycles. The Morgan fingerprint density at radius 1 is 1.20 bits per heavy atom. The molecule has 10 heavy (non-hydrogen) atoms. The second kappa shape index (κ2) is 4.97. The van der Waals surface area contributed by atoms with E-state index in [0.717, 1.165) is 6.04 Å². The Morgan fingerprint density at radius 2 is 1.70 bits per heavy atom. The third-order valence-electron chi connectivity index (χ3n) is 1.92. The Balaban J connectivity index is 0.000000810. The molecule has 0 spiro atoms. The van der Waals surface area contributed by atoms with E-state index in [-0.39, 0.29) is 12.4 Å². The van der Waals surface area contributed by atoms with Crippen molar-refractivity contribution in [2.45, 2.75) is 51.6 Å². The summed E-state index contributed by atoms with van der Waals surface area (Å²) in [6.07, 6.45) is 5.67. The molecule has 0 aromatic heterocycles. The minimum atomic E-state index is 0. The molecule has 0 heterocycles. The molecule has 0 aromatic rings. The van der Waals surface area contributed by atoms with Crippen LogP contribution in [-0.2, 0) is 0 Å². The first-order valence-corrected chi connectivity index (χ1v) is 4.05. The van der Waals surface area contributed by atoms with E-state index in [2.05, 4.69) is 19.2 Å². The monoisotopic (exact) mass is 163 g/mol. The van der Waals surface area contributed by atoms with Crippen LogP contribution in [0, 0.1) is 0 Å². The lowest BCUT2D eigenvalue weighted by Crippen LogP contribution is -2.32. The molecular weight excluding hydrogens is 146 g/mol. The highest BCUT2D eigenvalue weighted by Crippen LogP contribution is 2.17. The molecule has 1 aliphatic rings. The fourth-order valence-corrected chi connectivity index (χ4v) is 1.56. The molecule has 0 saturated heterocycles. The van der Waals surface area contributed by atoms with Gasteiger partial charge in [0.2, 0.25) is 0 Å². The van der Waals surface area contributed by atoms with Crippen molar-refractivity contribution in [1.29, 1.82) is 0 Å². The first-order valence-electron chi connectivity index (χ1n) is 4.05. The predicted molar refractivity (Wildman–Crippen MR) is 47.8 cm³/mol. The predicted octanol–water partition coefficient (Wildman–Crippen LogP) is 2.35. The largest absolute Gasteiger partial charge is 0.312 e. The standard InChI is InChI=1S/C8H17N.ClH/c1-7(2)9-8-5-3-4-6-8;/h7-9H,3-6H2,1-2H3;1H. The maximum atomic E-state index is 3.54. The van der Waals surface area contributed by atoms with Crippen LogP contribution in [0.5, 0.6) is 0 Å². The van der Waals surface area contributed by atoms with Gasteiger partial charge >= 0.3 is 0 Å². The van der Waals surface area contributed by atoms with Gasteiger partial charge in [-0.05, 0) is 12.8 Å². The van der Waals surface area contributed by atoms with Gasteiger partial charge < -0.3 is 5.32 Å². The lowest BCUT2D eigenvalue weighted by molar-refractivity contribution is 0.471. The van der Waals surface area contributed by atoms with Gasteiger partial charge in [0, 0.05) is 12.1 Å². The number of rotatable bonds is 2. The fraction of sp³-hybridized carbons (Fsp3) is 1.00. The minimum Gasteiger partial charge on any atom is -0.312 e. The zero-order valence-electron chi connectivity index (χ0n) is 6.89. The van der Waals surface area contributed by atoms with Gasteiger partial charge in [-0.15, -0.1) is 12.4 Å². The molecule has 1 N–H and O–H groups in total. The maximum Gasteiger partial charge on any atom is 0.00694 e. The normalized spacial score (nSPS) is 19.5. The highest BCUT2D eigenvalue weighted by molar-refractivity contribution is 5.85. The van der Waals surface area contributed by atoms with Crippen LogP contribution < -0.4 is 5.32 Å². The second-order valence-corrected chi connectivity index (χ2v) is 3.30. The van der Waals surface area contributed by atoms with Crippen molar-refractivity contribution >= 4 is 12.4 Å². The molecule has 1 fully saturated rings. The van der Waals surface area contributed by atoms with E-state index in [9.17, 15) is 0 Å². The van der Waals surface area contributed by atoms with Gasteiger partial charge in [0.25, 0.3) is 0 Å². The molecule has 0 aromatic carbocycles. The van der Waals surface area contributed by atoms with Gasteiger partial charge in [0.05, 0.1) is 0 Å². The van der Waals surface area contributed by atoms with E-state index in [1.54, 1.807) is 0 Å². The van der Waals surface area contributed by atoms with Gasteiger partial charge in [-0.2, -0.15) is 0 Å². The van der Waals surface area contributed by atoms with Crippen molar-refractivity contribution in [3.8, 4) is 0 Å². The van der Waals surface area contributed by atoms with Crippen LogP contribution >= 0.6 is 12.4 Å². The Kier molecular flexibility index (Phi) is 5.10. The third kappa shape index (κ3) is 3.43.